The molecule has 2 rings (SSSR count). The Hall–Kier alpha value is -0.870. The first kappa shape index (κ1) is 12.6. The first-order valence-corrected chi connectivity index (χ1v) is 6.62. The van der Waals surface area contributed by atoms with Crippen LogP contribution in [-0.4, -0.2) is 39.0 Å². The average molecular weight is 237 g/mol. The highest BCUT2D eigenvalue weighted by Gasteiger charge is 2.20. The molecule has 0 spiro atoms. The van der Waals surface area contributed by atoms with Crippen molar-refractivity contribution in [1.29, 1.82) is 0 Å². The van der Waals surface area contributed by atoms with E-state index >= 15 is 0 Å². The van der Waals surface area contributed by atoms with Crippen LogP contribution in [-0.2, 0) is 13.6 Å². The lowest BCUT2D eigenvalue weighted by molar-refractivity contribution is 0.117. The standard InChI is InChI=1S/C13H23N3O/c1-15-10-12(9-14-15)11-16(7-8-17)13-5-3-2-4-6-13/h9-10,13,17H,2-8,11H2,1H3. The predicted octanol–water partition coefficient (Wildman–Crippen LogP) is 1.55. The van der Waals surface area contributed by atoms with Crippen LogP contribution < -0.4 is 0 Å². The Morgan fingerprint density at radius 2 is 2.18 bits per heavy atom. The Bertz CT molecular complexity index is 331. The topological polar surface area (TPSA) is 41.3 Å². The fourth-order valence-corrected chi connectivity index (χ4v) is 2.75. The van der Waals surface area contributed by atoms with Crippen LogP contribution in [0.15, 0.2) is 12.4 Å². The van der Waals surface area contributed by atoms with Crippen LogP contribution in [0.5, 0.6) is 0 Å². The maximum Gasteiger partial charge on any atom is 0.0558 e. The van der Waals surface area contributed by atoms with Crippen molar-refractivity contribution in [2.24, 2.45) is 7.05 Å². The number of nitrogens with zero attached hydrogens (tertiary/aromatic N) is 3. The summed E-state index contributed by atoms with van der Waals surface area (Å²) in [4.78, 5) is 2.41. The van der Waals surface area contributed by atoms with Crippen molar-refractivity contribution < 1.29 is 5.11 Å². The van der Waals surface area contributed by atoms with Gasteiger partial charge in [0, 0.05) is 37.9 Å². The van der Waals surface area contributed by atoms with E-state index in [4.69, 9.17) is 0 Å². The van der Waals surface area contributed by atoms with Gasteiger partial charge in [-0.05, 0) is 12.8 Å². The van der Waals surface area contributed by atoms with Crippen LogP contribution >= 0.6 is 0 Å². The lowest BCUT2D eigenvalue weighted by atomic mass is 9.94. The van der Waals surface area contributed by atoms with E-state index in [9.17, 15) is 5.11 Å². The Morgan fingerprint density at radius 1 is 1.41 bits per heavy atom. The van der Waals surface area contributed by atoms with Gasteiger partial charge in [-0.1, -0.05) is 19.3 Å². The Morgan fingerprint density at radius 3 is 2.76 bits per heavy atom. The molecule has 1 fully saturated rings. The molecular formula is C13H23N3O. The monoisotopic (exact) mass is 237 g/mol. The minimum absolute atomic E-state index is 0.247. The second kappa shape index (κ2) is 6.17. The van der Waals surface area contributed by atoms with E-state index in [2.05, 4.69) is 16.2 Å². The Balaban J connectivity index is 1.95. The van der Waals surface area contributed by atoms with Gasteiger partial charge in [0.15, 0.2) is 0 Å². The third kappa shape index (κ3) is 3.54. The largest absolute Gasteiger partial charge is 0.395 e. The second-order valence-electron chi connectivity index (χ2n) is 5.01. The van der Waals surface area contributed by atoms with Gasteiger partial charge in [0.05, 0.1) is 12.8 Å². The summed E-state index contributed by atoms with van der Waals surface area (Å²) in [6, 6.07) is 0.649. The maximum absolute atomic E-state index is 9.19. The van der Waals surface area contributed by atoms with Crippen molar-refractivity contribution in [2.45, 2.75) is 44.7 Å². The molecule has 0 atom stereocenters. The molecule has 0 unspecified atom stereocenters. The van der Waals surface area contributed by atoms with E-state index in [-0.39, 0.29) is 6.61 Å². The highest BCUT2D eigenvalue weighted by atomic mass is 16.3. The summed E-state index contributed by atoms with van der Waals surface area (Å²) >= 11 is 0. The highest BCUT2D eigenvalue weighted by molar-refractivity contribution is 5.03. The molecule has 96 valence electrons. The Kier molecular flexibility index (Phi) is 4.57. The van der Waals surface area contributed by atoms with Crippen molar-refractivity contribution in [3.8, 4) is 0 Å². The lowest BCUT2D eigenvalue weighted by Gasteiger charge is -2.33. The SMILES string of the molecule is Cn1cc(CN(CCO)C2CCCCC2)cn1. The second-order valence-corrected chi connectivity index (χ2v) is 5.01. The van der Waals surface area contributed by atoms with Gasteiger partial charge >= 0.3 is 0 Å². The van der Waals surface area contributed by atoms with Crippen LogP contribution in [0, 0.1) is 0 Å². The molecule has 1 aromatic rings. The quantitative estimate of drug-likeness (QED) is 0.844. The summed E-state index contributed by atoms with van der Waals surface area (Å²) in [6.07, 6.45) is 10.6. The van der Waals surface area contributed by atoms with Gasteiger partial charge in [-0.2, -0.15) is 5.10 Å². The first-order valence-electron chi connectivity index (χ1n) is 6.62. The van der Waals surface area contributed by atoms with Crippen molar-refractivity contribution in [3.05, 3.63) is 18.0 Å². The van der Waals surface area contributed by atoms with Crippen LogP contribution in [0.4, 0.5) is 0 Å². The molecular weight excluding hydrogens is 214 g/mol. The van der Waals surface area contributed by atoms with E-state index in [1.807, 2.05) is 17.9 Å². The minimum Gasteiger partial charge on any atom is -0.395 e. The summed E-state index contributed by atoms with van der Waals surface area (Å²) < 4.78 is 1.84. The highest BCUT2D eigenvalue weighted by Crippen LogP contribution is 2.23. The van der Waals surface area contributed by atoms with Crippen molar-refractivity contribution >= 4 is 0 Å². The van der Waals surface area contributed by atoms with Gasteiger partial charge in [0.1, 0.15) is 0 Å². The Labute approximate surface area is 103 Å². The zero-order valence-electron chi connectivity index (χ0n) is 10.7. The normalized spacial score (nSPS) is 17.8. The number of hydrogen-bond donors (Lipinski definition) is 1. The summed E-state index contributed by atoms with van der Waals surface area (Å²) in [5, 5.41) is 13.4. The van der Waals surface area contributed by atoms with Crippen LogP contribution in [0.25, 0.3) is 0 Å². The zero-order chi connectivity index (χ0) is 12.1. The van der Waals surface area contributed by atoms with E-state index in [1.54, 1.807) is 0 Å². The van der Waals surface area contributed by atoms with E-state index in [1.165, 1.54) is 37.7 Å². The molecule has 1 aromatic heterocycles. The van der Waals surface area contributed by atoms with Crippen LogP contribution in [0.2, 0.25) is 0 Å². The molecule has 1 aliphatic carbocycles. The molecule has 1 aliphatic rings. The summed E-state index contributed by atoms with van der Waals surface area (Å²) in [5.41, 5.74) is 1.24. The molecule has 0 saturated heterocycles. The minimum atomic E-state index is 0.247. The molecule has 0 aromatic carbocycles. The molecule has 1 saturated carbocycles. The molecule has 0 radical (unpaired) electrons. The third-order valence-electron chi connectivity index (χ3n) is 3.62. The first-order chi connectivity index (χ1) is 8.29. The van der Waals surface area contributed by atoms with Gasteiger partial charge in [-0.15, -0.1) is 0 Å². The number of aromatic nitrogens is 2. The molecule has 0 bridgehead atoms. The van der Waals surface area contributed by atoms with Gasteiger partial charge < -0.3 is 5.11 Å². The van der Waals surface area contributed by atoms with E-state index < -0.39 is 0 Å². The summed E-state index contributed by atoms with van der Waals surface area (Å²) in [5.74, 6) is 0. The zero-order valence-corrected chi connectivity index (χ0v) is 10.7. The lowest BCUT2D eigenvalue weighted by Crippen LogP contribution is -2.38. The van der Waals surface area contributed by atoms with Gasteiger partial charge in [0.2, 0.25) is 0 Å². The number of aliphatic hydroxyl groups is 1. The molecule has 0 aliphatic heterocycles. The van der Waals surface area contributed by atoms with E-state index in [0.717, 1.165) is 13.1 Å². The molecule has 17 heavy (non-hydrogen) atoms. The van der Waals surface area contributed by atoms with E-state index in [0.29, 0.717) is 6.04 Å². The number of aliphatic hydroxyl groups excluding tert-OH is 1. The smallest absolute Gasteiger partial charge is 0.0558 e. The van der Waals surface area contributed by atoms with Crippen LogP contribution in [0.3, 0.4) is 0 Å². The van der Waals surface area contributed by atoms with Crippen molar-refractivity contribution in [1.82, 2.24) is 14.7 Å². The number of aryl methyl sites for hydroxylation is 1. The fourth-order valence-electron chi connectivity index (χ4n) is 2.75. The fraction of sp³-hybridized carbons (Fsp3) is 0.769. The number of hydrogen-bond acceptors (Lipinski definition) is 3. The van der Waals surface area contributed by atoms with Gasteiger partial charge in [0.25, 0.3) is 0 Å². The van der Waals surface area contributed by atoms with Crippen molar-refractivity contribution in [3.63, 3.8) is 0 Å². The third-order valence-corrected chi connectivity index (χ3v) is 3.62. The summed E-state index contributed by atoms with van der Waals surface area (Å²) in [6.45, 7) is 1.94. The molecule has 4 nitrogen and oxygen atoms in total. The molecule has 1 N–H and O–H groups in total. The molecule has 4 heteroatoms. The summed E-state index contributed by atoms with van der Waals surface area (Å²) in [7, 11) is 1.94. The molecule has 1 heterocycles. The molecule has 0 amide bonds. The maximum atomic E-state index is 9.19. The van der Waals surface area contributed by atoms with Crippen LogP contribution in [0.1, 0.15) is 37.7 Å². The number of rotatable bonds is 5. The predicted molar refractivity (Wildman–Crippen MR) is 67.6 cm³/mol. The van der Waals surface area contributed by atoms with Gasteiger partial charge in [-0.25, -0.2) is 0 Å². The van der Waals surface area contributed by atoms with Crippen molar-refractivity contribution in [2.75, 3.05) is 13.2 Å². The van der Waals surface area contributed by atoms with Gasteiger partial charge in [-0.3, -0.25) is 9.58 Å². The average Bonchev–Trinajstić information content (AvgIpc) is 2.75.